The quantitative estimate of drug-likeness (QED) is 0.0733. The number of hydrogen-bond donors (Lipinski definition) is 1. The summed E-state index contributed by atoms with van der Waals surface area (Å²) in [5.41, 5.74) is 16.4. The van der Waals surface area contributed by atoms with E-state index in [0.29, 0.717) is 23.7 Å². The van der Waals surface area contributed by atoms with Gasteiger partial charge in [-0.2, -0.15) is 0 Å². The van der Waals surface area contributed by atoms with E-state index in [1.807, 2.05) is 6.92 Å². The molecule has 0 fully saturated rings. The summed E-state index contributed by atoms with van der Waals surface area (Å²) in [4.78, 5) is 0. The van der Waals surface area contributed by atoms with Crippen LogP contribution in [0.5, 0.6) is 23.0 Å². The lowest BCUT2D eigenvalue weighted by Crippen LogP contribution is -2.02. The van der Waals surface area contributed by atoms with E-state index in [4.69, 9.17) is 14.2 Å². The van der Waals surface area contributed by atoms with Gasteiger partial charge in [-0.15, -0.1) is 0 Å². The van der Waals surface area contributed by atoms with Crippen LogP contribution in [0.3, 0.4) is 0 Å². The number of phenols is 1. The van der Waals surface area contributed by atoms with Crippen molar-refractivity contribution in [2.45, 2.75) is 205 Å². The summed E-state index contributed by atoms with van der Waals surface area (Å²) >= 11 is 0. The molecule has 358 valence electrons. The summed E-state index contributed by atoms with van der Waals surface area (Å²) in [6.45, 7) is 26.7. The highest BCUT2D eigenvalue weighted by Gasteiger charge is 2.23. The highest BCUT2D eigenvalue weighted by Crippen LogP contribution is 2.49. The van der Waals surface area contributed by atoms with E-state index < -0.39 is 0 Å². The number of rotatable bonds is 32. The fourth-order valence-electron chi connectivity index (χ4n) is 7.82. The Kier molecular flexibility index (Phi) is 30.9. The van der Waals surface area contributed by atoms with E-state index >= 15 is 0 Å². The topological polar surface area (TPSA) is 47.9 Å². The molecule has 64 heavy (non-hydrogen) atoms. The molecule has 0 spiro atoms. The maximum absolute atomic E-state index is 10.7. The molecule has 0 unspecified atom stereocenters. The second kappa shape index (κ2) is 34.2. The lowest BCUT2D eigenvalue weighted by Gasteiger charge is -2.19. The summed E-state index contributed by atoms with van der Waals surface area (Å²) in [6, 6.07) is 0. The van der Waals surface area contributed by atoms with E-state index in [2.05, 4.69) is 137 Å². The van der Waals surface area contributed by atoms with Crippen molar-refractivity contribution in [3.05, 3.63) is 128 Å². The standard InChI is InChI=1S/C60H94O4/c1-45(2)25-16-26-46(3)27-17-28-47(4)29-18-30-48(5)31-19-32-49(6)33-20-34-50(7)35-21-36-51(8)37-22-38-52(9)39-23-40-53(10)41-24-42-54(11)43-44-56-55(12)57(61)59(63-14)60(64-15)58(56)62-13/h25,27,29,31,33,35,37,39,41,43,61H,16-24,26,28,30,32,34,36,38,40,42,44H2,1-15H3. The summed E-state index contributed by atoms with van der Waals surface area (Å²) in [5, 5.41) is 10.7. The third-order valence-corrected chi connectivity index (χ3v) is 12.3. The predicted molar refractivity (Wildman–Crippen MR) is 283 cm³/mol. The van der Waals surface area contributed by atoms with Crippen LogP contribution in [0.1, 0.15) is 203 Å². The summed E-state index contributed by atoms with van der Waals surface area (Å²) in [7, 11) is 4.70. The molecule has 0 aliphatic heterocycles. The average Bonchev–Trinajstić information content (AvgIpc) is 3.23. The van der Waals surface area contributed by atoms with Crippen molar-refractivity contribution in [2.24, 2.45) is 0 Å². The Balaban J connectivity index is 2.34. The fraction of sp³-hybridized carbons (Fsp3) is 0.567. The maximum atomic E-state index is 10.7. The largest absolute Gasteiger partial charge is 0.504 e. The first-order chi connectivity index (χ1) is 30.5. The molecule has 0 heterocycles. The Morgan fingerprint density at radius 1 is 0.344 bits per heavy atom. The summed E-state index contributed by atoms with van der Waals surface area (Å²) in [5.74, 6) is 1.43. The van der Waals surface area contributed by atoms with Gasteiger partial charge in [-0.1, -0.05) is 116 Å². The molecule has 1 aromatic rings. The molecule has 4 nitrogen and oxygen atoms in total. The first kappa shape index (κ1) is 57.8. The predicted octanol–water partition coefficient (Wildman–Crippen LogP) is 18.8. The molecular formula is C60H94O4. The van der Waals surface area contributed by atoms with Gasteiger partial charge in [-0.25, -0.2) is 0 Å². The van der Waals surface area contributed by atoms with Crippen LogP contribution in [-0.2, 0) is 6.42 Å². The monoisotopic (exact) mass is 879 g/mol. The number of phenolic OH excluding ortho intramolecular Hbond substituents is 1. The molecule has 0 saturated carbocycles. The van der Waals surface area contributed by atoms with E-state index in [1.165, 1.54) is 82.1 Å². The van der Waals surface area contributed by atoms with Crippen molar-refractivity contribution < 1.29 is 19.3 Å². The number of ether oxygens (including phenoxy) is 3. The van der Waals surface area contributed by atoms with Gasteiger partial charge in [0.2, 0.25) is 11.5 Å². The van der Waals surface area contributed by atoms with Gasteiger partial charge in [-0.3, -0.25) is 0 Å². The number of hydrogen-bond acceptors (Lipinski definition) is 4. The van der Waals surface area contributed by atoms with E-state index in [9.17, 15) is 5.11 Å². The lowest BCUT2D eigenvalue weighted by atomic mass is 9.99. The molecule has 0 amide bonds. The fourth-order valence-corrected chi connectivity index (χ4v) is 7.82. The Labute approximate surface area is 394 Å². The van der Waals surface area contributed by atoms with Crippen LogP contribution in [0, 0.1) is 6.92 Å². The highest BCUT2D eigenvalue weighted by atomic mass is 16.5. The molecule has 0 radical (unpaired) electrons. The smallest absolute Gasteiger partial charge is 0.207 e. The summed E-state index contributed by atoms with van der Waals surface area (Å²) in [6.07, 6.45) is 45.1. The zero-order valence-corrected chi connectivity index (χ0v) is 43.9. The summed E-state index contributed by atoms with van der Waals surface area (Å²) < 4.78 is 16.6. The molecule has 1 rings (SSSR count). The molecule has 0 aromatic heterocycles. The number of aromatic hydroxyl groups is 1. The van der Waals surface area contributed by atoms with Crippen molar-refractivity contribution in [1.82, 2.24) is 0 Å². The minimum atomic E-state index is 0.0971. The van der Waals surface area contributed by atoms with Crippen LogP contribution in [0.15, 0.2) is 116 Å². The minimum Gasteiger partial charge on any atom is -0.504 e. The van der Waals surface area contributed by atoms with Crippen LogP contribution >= 0.6 is 0 Å². The average molecular weight is 879 g/mol. The lowest BCUT2D eigenvalue weighted by molar-refractivity contribution is 0.307. The molecule has 4 heteroatoms. The van der Waals surface area contributed by atoms with Gasteiger partial charge in [0.1, 0.15) is 0 Å². The second-order valence-electron chi connectivity index (χ2n) is 18.8. The first-order valence-corrected chi connectivity index (χ1v) is 24.6. The van der Waals surface area contributed by atoms with Crippen molar-refractivity contribution in [1.29, 1.82) is 0 Å². The minimum absolute atomic E-state index is 0.0971. The van der Waals surface area contributed by atoms with Crippen LogP contribution in [-0.4, -0.2) is 26.4 Å². The van der Waals surface area contributed by atoms with Crippen LogP contribution in [0.4, 0.5) is 0 Å². The molecule has 0 atom stereocenters. The van der Waals surface area contributed by atoms with Gasteiger partial charge in [0.25, 0.3) is 0 Å². The SMILES string of the molecule is COc1c(O)c(C)c(CC=C(C)CCC=C(C)CCC=C(C)CCC=C(C)CCC=C(C)CCC=C(C)CCC=C(C)CCC=C(C)CCC=C(C)CCC=C(C)C)c(OC)c1OC. The Morgan fingerprint density at radius 3 is 0.812 bits per heavy atom. The highest BCUT2D eigenvalue weighted by molar-refractivity contribution is 5.66. The molecule has 0 aliphatic carbocycles. The second-order valence-corrected chi connectivity index (χ2v) is 18.8. The number of allylic oxidation sites excluding steroid dienone is 20. The van der Waals surface area contributed by atoms with Gasteiger partial charge >= 0.3 is 0 Å². The van der Waals surface area contributed by atoms with E-state index in [0.717, 1.165) is 107 Å². The molecular weight excluding hydrogens is 785 g/mol. The van der Waals surface area contributed by atoms with Crippen molar-refractivity contribution in [3.8, 4) is 23.0 Å². The Bertz CT molecular complexity index is 1860. The Hall–Kier alpha value is -4.18. The van der Waals surface area contributed by atoms with Gasteiger partial charge in [0.15, 0.2) is 11.5 Å². The Morgan fingerprint density at radius 2 is 0.578 bits per heavy atom. The zero-order chi connectivity index (χ0) is 47.9. The number of benzene rings is 1. The third-order valence-electron chi connectivity index (χ3n) is 12.3. The van der Waals surface area contributed by atoms with E-state index in [1.54, 1.807) is 14.2 Å². The maximum Gasteiger partial charge on any atom is 0.207 e. The van der Waals surface area contributed by atoms with Crippen LogP contribution in [0.2, 0.25) is 0 Å². The number of methoxy groups -OCH3 is 3. The van der Waals surface area contributed by atoms with E-state index in [-0.39, 0.29) is 5.75 Å². The van der Waals surface area contributed by atoms with Gasteiger partial charge in [0.05, 0.1) is 21.3 Å². The van der Waals surface area contributed by atoms with Gasteiger partial charge < -0.3 is 19.3 Å². The first-order valence-electron chi connectivity index (χ1n) is 24.6. The molecule has 0 saturated heterocycles. The van der Waals surface area contributed by atoms with Gasteiger partial charge in [-0.05, 0) is 205 Å². The van der Waals surface area contributed by atoms with Crippen molar-refractivity contribution in [3.63, 3.8) is 0 Å². The van der Waals surface area contributed by atoms with Crippen LogP contribution < -0.4 is 14.2 Å². The van der Waals surface area contributed by atoms with Gasteiger partial charge in [0, 0.05) is 11.1 Å². The normalized spacial score (nSPS) is 14.1. The molecule has 0 bridgehead atoms. The zero-order valence-electron chi connectivity index (χ0n) is 43.9. The van der Waals surface area contributed by atoms with Crippen molar-refractivity contribution >= 4 is 0 Å². The molecule has 0 aliphatic rings. The van der Waals surface area contributed by atoms with Crippen LogP contribution in [0.25, 0.3) is 0 Å². The van der Waals surface area contributed by atoms with Crippen molar-refractivity contribution in [2.75, 3.05) is 21.3 Å². The molecule has 1 N–H and O–H groups in total. The molecule has 1 aromatic carbocycles. The third kappa shape index (κ3) is 25.9.